The quantitative estimate of drug-likeness (QED) is 0.815. The van der Waals surface area contributed by atoms with Crippen LogP contribution in [0.4, 0.5) is 0 Å². The molecule has 1 aromatic rings. The lowest BCUT2D eigenvalue weighted by molar-refractivity contribution is 0.358. The molecular formula is C16H25N. The number of benzene rings is 1. The topological polar surface area (TPSA) is 12.0 Å². The summed E-state index contributed by atoms with van der Waals surface area (Å²) in [4.78, 5) is 0. The van der Waals surface area contributed by atoms with E-state index < -0.39 is 0 Å². The number of aryl methyl sites for hydroxylation is 1. The van der Waals surface area contributed by atoms with E-state index in [2.05, 4.69) is 45.3 Å². The molecular weight excluding hydrogens is 206 g/mol. The predicted octanol–water partition coefficient (Wildman–Crippen LogP) is 3.86. The minimum Gasteiger partial charge on any atom is -0.317 e. The lowest BCUT2D eigenvalue weighted by Gasteiger charge is -2.30. The maximum absolute atomic E-state index is 3.41. The van der Waals surface area contributed by atoms with Crippen LogP contribution in [0.5, 0.6) is 0 Å². The Morgan fingerprint density at radius 1 is 0.941 bits per heavy atom. The Morgan fingerprint density at radius 2 is 1.59 bits per heavy atom. The third-order valence-electron chi connectivity index (χ3n) is 4.68. The Morgan fingerprint density at radius 3 is 2.18 bits per heavy atom. The number of rotatable bonds is 2. The highest BCUT2D eigenvalue weighted by Gasteiger charge is 2.22. The second kappa shape index (κ2) is 5.22. The Kier molecular flexibility index (Phi) is 3.88. The van der Waals surface area contributed by atoms with Crippen molar-refractivity contribution in [1.29, 1.82) is 0 Å². The van der Waals surface area contributed by atoms with Gasteiger partial charge in [0.25, 0.3) is 0 Å². The van der Waals surface area contributed by atoms with Crippen LogP contribution in [-0.2, 0) is 0 Å². The lowest BCUT2D eigenvalue weighted by atomic mass is 9.79. The van der Waals surface area contributed by atoms with Gasteiger partial charge in [0.05, 0.1) is 0 Å². The molecule has 1 fully saturated rings. The minimum atomic E-state index is 0.748. The van der Waals surface area contributed by atoms with Crippen LogP contribution in [0.2, 0.25) is 0 Å². The maximum atomic E-state index is 3.41. The first-order valence-electron chi connectivity index (χ1n) is 6.87. The minimum absolute atomic E-state index is 0.748. The van der Waals surface area contributed by atoms with Gasteiger partial charge in [-0.05, 0) is 81.7 Å². The highest BCUT2D eigenvalue weighted by atomic mass is 14.9. The molecule has 2 rings (SSSR count). The first-order chi connectivity index (χ1) is 8.13. The summed E-state index contributed by atoms with van der Waals surface area (Å²) in [6, 6.07) is 5.40. The molecule has 0 radical (unpaired) electrons. The van der Waals surface area contributed by atoms with Crippen molar-refractivity contribution >= 4 is 0 Å². The Hall–Kier alpha value is -0.820. The molecule has 94 valence electrons. The van der Waals surface area contributed by atoms with E-state index in [0.29, 0.717) is 0 Å². The first kappa shape index (κ1) is 12.6. The number of hydrogen-bond donors (Lipinski definition) is 1. The molecule has 0 amide bonds. The van der Waals surface area contributed by atoms with Crippen LogP contribution in [-0.4, -0.2) is 13.1 Å². The Bertz CT molecular complexity index is 387. The van der Waals surface area contributed by atoms with Gasteiger partial charge in [0, 0.05) is 6.04 Å². The molecule has 1 aliphatic rings. The molecule has 0 aliphatic heterocycles. The molecule has 0 heterocycles. The molecule has 1 aromatic carbocycles. The molecule has 1 aliphatic carbocycles. The monoisotopic (exact) mass is 231 g/mol. The van der Waals surface area contributed by atoms with Gasteiger partial charge in [0.15, 0.2) is 0 Å². The average molecular weight is 231 g/mol. The average Bonchev–Trinajstić information content (AvgIpc) is 2.36. The third kappa shape index (κ3) is 2.55. The van der Waals surface area contributed by atoms with Crippen molar-refractivity contribution < 1.29 is 0 Å². The summed E-state index contributed by atoms with van der Waals surface area (Å²) >= 11 is 0. The van der Waals surface area contributed by atoms with Crippen LogP contribution in [0.25, 0.3) is 0 Å². The second-order valence-corrected chi connectivity index (χ2v) is 5.56. The molecule has 0 bridgehead atoms. The third-order valence-corrected chi connectivity index (χ3v) is 4.68. The van der Waals surface area contributed by atoms with Crippen molar-refractivity contribution in [3.05, 3.63) is 34.4 Å². The fourth-order valence-corrected chi connectivity index (χ4v) is 3.11. The van der Waals surface area contributed by atoms with Crippen molar-refractivity contribution in [2.24, 2.45) is 0 Å². The van der Waals surface area contributed by atoms with Crippen molar-refractivity contribution in [3.8, 4) is 0 Å². The fourth-order valence-electron chi connectivity index (χ4n) is 3.11. The summed E-state index contributed by atoms with van der Waals surface area (Å²) in [6.07, 6.45) is 5.34. The molecule has 17 heavy (non-hydrogen) atoms. The van der Waals surface area contributed by atoms with Gasteiger partial charge >= 0.3 is 0 Å². The number of hydrogen-bond acceptors (Lipinski definition) is 1. The fraction of sp³-hybridized carbons (Fsp3) is 0.625. The van der Waals surface area contributed by atoms with Gasteiger partial charge in [-0.1, -0.05) is 12.1 Å². The van der Waals surface area contributed by atoms with Gasteiger partial charge in [-0.25, -0.2) is 0 Å². The van der Waals surface area contributed by atoms with E-state index in [1.165, 1.54) is 42.4 Å². The van der Waals surface area contributed by atoms with Gasteiger partial charge in [-0.15, -0.1) is 0 Å². The number of nitrogens with one attached hydrogen (secondary N) is 1. The van der Waals surface area contributed by atoms with E-state index in [0.717, 1.165) is 12.0 Å². The van der Waals surface area contributed by atoms with Gasteiger partial charge in [0.2, 0.25) is 0 Å². The summed E-state index contributed by atoms with van der Waals surface area (Å²) in [5.41, 5.74) is 6.04. The van der Waals surface area contributed by atoms with Crippen LogP contribution < -0.4 is 5.32 Å². The molecule has 0 aromatic heterocycles. The van der Waals surface area contributed by atoms with Crippen molar-refractivity contribution in [2.45, 2.75) is 58.4 Å². The zero-order chi connectivity index (χ0) is 12.4. The molecule has 1 nitrogen and oxygen atoms in total. The zero-order valence-electron chi connectivity index (χ0n) is 11.6. The first-order valence-corrected chi connectivity index (χ1v) is 6.87. The zero-order valence-corrected chi connectivity index (χ0v) is 11.6. The van der Waals surface area contributed by atoms with E-state index in [-0.39, 0.29) is 0 Å². The molecule has 1 N–H and O–H groups in total. The molecule has 0 unspecified atom stereocenters. The van der Waals surface area contributed by atoms with E-state index in [4.69, 9.17) is 0 Å². The summed E-state index contributed by atoms with van der Waals surface area (Å²) in [6.45, 7) is 6.76. The predicted molar refractivity (Wildman–Crippen MR) is 74.7 cm³/mol. The van der Waals surface area contributed by atoms with Gasteiger partial charge < -0.3 is 5.32 Å². The van der Waals surface area contributed by atoms with Crippen LogP contribution >= 0.6 is 0 Å². The van der Waals surface area contributed by atoms with Crippen molar-refractivity contribution in [3.63, 3.8) is 0 Å². The van der Waals surface area contributed by atoms with Gasteiger partial charge in [-0.2, -0.15) is 0 Å². The summed E-state index contributed by atoms with van der Waals surface area (Å²) in [7, 11) is 2.09. The summed E-state index contributed by atoms with van der Waals surface area (Å²) < 4.78 is 0. The van der Waals surface area contributed by atoms with Crippen molar-refractivity contribution in [2.75, 3.05) is 7.05 Å². The highest BCUT2D eigenvalue weighted by molar-refractivity contribution is 5.40. The smallest absolute Gasteiger partial charge is 0.00644 e. The standard InChI is InChI=1S/C16H25N/c1-11-5-10-16(13(3)12(11)2)14-6-8-15(17-4)9-7-14/h5,10,14-15,17H,6-9H2,1-4H3. The van der Waals surface area contributed by atoms with Crippen LogP contribution in [0.3, 0.4) is 0 Å². The van der Waals surface area contributed by atoms with E-state index >= 15 is 0 Å². The van der Waals surface area contributed by atoms with Gasteiger partial charge in [-0.3, -0.25) is 0 Å². The van der Waals surface area contributed by atoms with Crippen LogP contribution in [0, 0.1) is 20.8 Å². The maximum Gasteiger partial charge on any atom is 0.00644 e. The normalized spacial score (nSPS) is 24.9. The van der Waals surface area contributed by atoms with E-state index in [1.807, 2.05) is 0 Å². The van der Waals surface area contributed by atoms with Crippen LogP contribution in [0.1, 0.15) is 53.9 Å². The van der Waals surface area contributed by atoms with E-state index in [9.17, 15) is 0 Å². The molecule has 0 atom stereocenters. The molecule has 1 heteroatoms. The molecule has 0 saturated heterocycles. The largest absolute Gasteiger partial charge is 0.317 e. The molecule has 0 spiro atoms. The summed E-state index contributed by atoms with van der Waals surface area (Å²) in [5.74, 6) is 0.791. The summed E-state index contributed by atoms with van der Waals surface area (Å²) in [5, 5.41) is 3.41. The molecule has 1 saturated carbocycles. The van der Waals surface area contributed by atoms with Gasteiger partial charge in [0.1, 0.15) is 0 Å². The van der Waals surface area contributed by atoms with E-state index in [1.54, 1.807) is 5.56 Å². The Balaban J connectivity index is 2.16. The lowest BCUT2D eigenvalue weighted by Crippen LogP contribution is -2.29. The highest BCUT2D eigenvalue weighted by Crippen LogP contribution is 2.35. The van der Waals surface area contributed by atoms with Crippen LogP contribution in [0.15, 0.2) is 12.1 Å². The van der Waals surface area contributed by atoms with Crippen molar-refractivity contribution in [1.82, 2.24) is 5.32 Å². The second-order valence-electron chi connectivity index (χ2n) is 5.56. The SMILES string of the molecule is CNC1CCC(c2ccc(C)c(C)c2C)CC1. The Labute approximate surface area is 106 Å².